The summed E-state index contributed by atoms with van der Waals surface area (Å²) in [5.41, 5.74) is 9.56. The largest absolute Gasteiger partial charge is 0.477 e. The van der Waals surface area contributed by atoms with Crippen molar-refractivity contribution in [3.05, 3.63) is 23.7 Å². The van der Waals surface area contributed by atoms with Gasteiger partial charge in [0.25, 0.3) is 5.91 Å². The molecular weight excluding hydrogens is 364 g/mol. The molecule has 2 atom stereocenters. The summed E-state index contributed by atoms with van der Waals surface area (Å²) in [6.07, 6.45) is 12.2. The summed E-state index contributed by atoms with van der Waals surface area (Å²) in [6, 6.07) is 0.272. The lowest BCUT2D eigenvalue weighted by Crippen LogP contribution is -2.43. The van der Waals surface area contributed by atoms with Gasteiger partial charge >= 0.3 is 0 Å². The Hall–Kier alpha value is -1.53. The minimum absolute atomic E-state index is 0.00689. The van der Waals surface area contributed by atoms with Crippen LogP contribution in [0.15, 0.2) is 23.7 Å². The molecule has 0 bridgehead atoms. The standard InChI is InChI=1S/C23H42N4O2/c1-6-7-10-18-11-8-9-12-20(18)26-21(28)19-15-25-27(14-13-23(4,5)24)22(19)29-16-17(2)3/h13-14,17-18,20,25H,6-12,15-16,24H2,1-5H3,(H,26,28)/b14-13+. The molecule has 0 aromatic carbocycles. The molecule has 2 unspecified atom stereocenters. The molecule has 6 nitrogen and oxygen atoms in total. The van der Waals surface area contributed by atoms with Crippen molar-refractivity contribution in [3.63, 3.8) is 0 Å². The first kappa shape index (κ1) is 23.7. The van der Waals surface area contributed by atoms with Gasteiger partial charge in [-0.15, -0.1) is 0 Å². The average Bonchev–Trinajstić information content (AvgIpc) is 3.06. The highest BCUT2D eigenvalue weighted by atomic mass is 16.5. The van der Waals surface area contributed by atoms with E-state index in [1.54, 1.807) is 5.01 Å². The van der Waals surface area contributed by atoms with Crippen LogP contribution in [-0.4, -0.2) is 35.6 Å². The smallest absolute Gasteiger partial charge is 0.254 e. The third kappa shape index (κ3) is 7.67. The highest BCUT2D eigenvalue weighted by Gasteiger charge is 2.32. The molecular formula is C23H42N4O2. The van der Waals surface area contributed by atoms with Gasteiger partial charge < -0.3 is 15.8 Å². The van der Waals surface area contributed by atoms with Crippen LogP contribution < -0.4 is 16.5 Å². The van der Waals surface area contributed by atoms with Gasteiger partial charge in [-0.25, -0.2) is 5.43 Å². The Bertz CT molecular complexity index is 592. The Kier molecular flexibility index (Phi) is 9.03. The second-order valence-corrected chi connectivity index (χ2v) is 9.60. The first-order valence-electron chi connectivity index (χ1n) is 11.4. The number of nitrogens with zero attached hydrogens (tertiary/aromatic N) is 1. The van der Waals surface area contributed by atoms with E-state index >= 15 is 0 Å². The monoisotopic (exact) mass is 406 g/mol. The summed E-state index contributed by atoms with van der Waals surface area (Å²) >= 11 is 0. The van der Waals surface area contributed by atoms with E-state index in [1.165, 1.54) is 38.5 Å². The van der Waals surface area contributed by atoms with Gasteiger partial charge in [-0.1, -0.05) is 46.5 Å². The molecule has 0 spiro atoms. The van der Waals surface area contributed by atoms with Gasteiger partial charge in [-0.3, -0.25) is 9.80 Å². The molecule has 1 saturated carbocycles. The van der Waals surface area contributed by atoms with Crippen molar-refractivity contribution in [3.8, 4) is 0 Å². The Morgan fingerprint density at radius 1 is 1.38 bits per heavy atom. The zero-order valence-corrected chi connectivity index (χ0v) is 19.1. The van der Waals surface area contributed by atoms with E-state index in [4.69, 9.17) is 10.5 Å². The first-order valence-corrected chi connectivity index (χ1v) is 11.4. The quantitative estimate of drug-likeness (QED) is 0.514. The third-order valence-electron chi connectivity index (χ3n) is 5.54. The maximum absolute atomic E-state index is 13.2. The van der Waals surface area contributed by atoms with Crippen LogP contribution in [-0.2, 0) is 9.53 Å². The van der Waals surface area contributed by atoms with Crippen LogP contribution in [0.1, 0.15) is 79.6 Å². The molecule has 0 aromatic heterocycles. The molecule has 1 aliphatic carbocycles. The first-order chi connectivity index (χ1) is 13.7. The second-order valence-electron chi connectivity index (χ2n) is 9.60. The maximum atomic E-state index is 13.2. The Morgan fingerprint density at radius 3 is 2.76 bits per heavy atom. The van der Waals surface area contributed by atoms with Gasteiger partial charge in [-0.05, 0) is 51.0 Å². The summed E-state index contributed by atoms with van der Waals surface area (Å²) in [6.45, 7) is 11.3. The number of ether oxygens (including phenoxy) is 1. The van der Waals surface area contributed by atoms with Crippen molar-refractivity contribution >= 4 is 5.91 Å². The number of nitrogens with one attached hydrogen (secondary N) is 2. The molecule has 1 amide bonds. The van der Waals surface area contributed by atoms with Crippen LogP contribution in [0, 0.1) is 11.8 Å². The molecule has 29 heavy (non-hydrogen) atoms. The molecule has 1 fully saturated rings. The number of hydrogen-bond donors (Lipinski definition) is 3. The van der Waals surface area contributed by atoms with Crippen LogP contribution in [0.2, 0.25) is 0 Å². The molecule has 2 aliphatic rings. The van der Waals surface area contributed by atoms with Gasteiger partial charge in [0.1, 0.15) is 0 Å². The Balaban J connectivity index is 2.14. The predicted octanol–water partition coefficient (Wildman–Crippen LogP) is 3.81. The van der Waals surface area contributed by atoms with E-state index in [0.717, 1.165) is 6.42 Å². The number of nitrogens with two attached hydrogens (primary N) is 1. The molecule has 0 radical (unpaired) electrons. The fraction of sp³-hybridized carbons (Fsp3) is 0.783. The molecule has 0 saturated heterocycles. The van der Waals surface area contributed by atoms with E-state index in [9.17, 15) is 4.79 Å². The van der Waals surface area contributed by atoms with Gasteiger partial charge in [0, 0.05) is 17.8 Å². The predicted molar refractivity (Wildman–Crippen MR) is 118 cm³/mol. The summed E-state index contributed by atoms with van der Waals surface area (Å²) in [7, 11) is 0. The number of carbonyl (C=O) groups excluding carboxylic acids is 1. The number of hydrazine groups is 1. The summed E-state index contributed by atoms with van der Waals surface area (Å²) in [4.78, 5) is 13.2. The van der Waals surface area contributed by atoms with Crippen molar-refractivity contribution in [2.75, 3.05) is 13.2 Å². The van der Waals surface area contributed by atoms with E-state index in [0.29, 0.717) is 36.4 Å². The highest BCUT2D eigenvalue weighted by molar-refractivity contribution is 5.95. The fourth-order valence-corrected chi connectivity index (χ4v) is 3.89. The van der Waals surface area contributed by atoms with E-state index < -0.39 is 5.54 Å². The lowest BCUT2D eigenvalue weighted by atomic mass is 9.81. The summed E-state index contributed by atoms with van der Waals surface area (Å²) in [5, 5.41) is 5.13. The third-order valence-corrected chi connectivity index (χ3v) is 5.54. The molecule has 166 valence electrons. The Morgan fingerprint density at radius 2 is 2.10 bits per heavy atom. The zero-order chi connectivity index (χ0) is 21.4. The zero-order valence-electron chi connectivity index (χ0n) is 19.1. The van der Waals surface area contributed by atoms with Gasteiger partial charge in [0.15, 0.2) is 0 Å². The van der Waals surface area contributed by atoms with Crippen LogP contribution >= 0.6 is 0 Å². The van der Waals surface area contributed by atoms with Gasteiger partial charge in [-0.2, -0.15) is 0 Å². The lowest BCUT2D eigenvalue weighted by Gasteiger charge is -2.32. The minimum atomic E-state index is -0.440. The van der Waals surface area contributed by atoms with Crippen molar-refractivity contribution in [1.82, 2.24) is 15.8 Å². The number of hydrogen-bond acceptors (Lipinski definition) is 5. The van der Waals surface area contributed by atoms with E-state index in [2.05, 4.69) is 31.5 Å². The van der Waals surface area contributed by atoms with Crippen molar-refractivity contribution in [2.45, 2.75) is 91.1 Å². The normalized spacial score (nSPS) is 23.3. The molecule has 4 N–H and O–H groups in total. The SMILES string of the molecule is CCCCC1CCCCC1NC(=O)C1=C(OCC(C)C)N(/C=C/C(C)(C)N)NC1. The average molecular weight is 407 g/mol. The number of rotatable bonds is 10. The Labute approximate surface area is 177 Å². The van der Waals surface area contributed by atoms with Crippen LogP contribution in [0.5, 0.6) is 0 Å². The number of amides is 1. The van der Waals surface area contributed by atoms with Crippen LogP contribution in [0.4, 0.5) is 0 Å². The van der Waals surface area contributed by atoms with Gasteiger partial charge in [0.05, 0.1) is 18.7 Å². The fourth-order valence-electron chi connectivity index (χ4n) is 3.89. The van der Waals surface area contributed by atoms with Crippen molar-refractivity contribution in [2.24, 2.45) is 17.6 Å². The van der Waals surface area contributed by atoms with E-state index in [1.807, 2.05) is 26.1 Å². The van der Waals surface area contributed by atoms with Crippen LogP contribution in [0.25, 0.3) is 0 Å². The molecule has 1 aliphatic heterocycles. The molecule has 6 heteroatoms. The number of carbonyl (C=O) groups is 1. The lowest BCUT2D eigenvalue weighted by molar-refractivity contribution is -0.119. The van der Waals surface area contributed by atoms with Crippen molar-refractivity contribution in [1.29, 1.82) is 0 Å². The van der Waals surface area contributed by atoms with Crippen molar-refractivity contribution < 1.29 is 9.53 Å². The van der Waals surface area contributed by atoms with Gasteiger partial charge in [0.2, 0.25) is 5.88 Å². The molecule has 1 heterocycles. The maximum Gasteiger partial charge on any atom is 0.254 e. The second kappa shape index (κ2) is 11.0. The minimum Gasteiger partial charge on any atom is -0.477 e. The topological polar surface area (TPSA) is 79.6 Å². The molecule has 2 rings (SSSR count). The molecule has 0 aromatic rings. The summed E-state index contributed by atoms with van der Waals surface area (Å²) in [5.74, 6) is 1.56. The van der Waals surface area contributed by atoms with E-state index in [-0.39, 0.29) is 11.9 Å². The number of unbranched alkanes of at least 4 members (excludes halogenated alkanes) is 1. The highest BCUT2D eigenvalue weighted by Crippen LogP contribution is 2.29. The van der Waals surface area contributed by atoms with Crippen LogP contribution in [0.3, 0.4) is 0 Å². The summed E-state index contributed by atoms with van der Waals surface area (Å²) < 4.78 is 6.05.